The summed E-state index contributed by atoms with van der Waals surface area (Å²) >= 11 is 18.3. The van der Waals surface area contributed by atoms with Gasteiger partial charge in [0.1, 0.15) is 0 Å². The van der Waals surface area contributed by atoms with Gasteiger partial charge in [0.25, 0.3) is 5.91 Å². The molecule has 1 heterocycles. The second-order valence-corrected chi connectivity index (χ2v) is 7.52. The van der Waals surface area contributed by atoms with Crippen LogP contribution in [0.5, 0.6) is 0 Å². The maximum Gasteiger partial charge on any atom is 0.292 e. The van der Waals surface area contributed by atoms with E-state index in [2.05, 4.69) is 15.6 Å². The molecule has 0 aliphatic heterocycles. The Morgan fingerprint density at radius 2 is 1.82 bits per heavy atom. The van der Waals surface area contributed by atoms with Crippen molar-refractivity contribution in [1.29, 1.82) is 0 Å². The number of nitrogens with one attached hydrogen (secondary N) is 1. The van der Waals surface area contributed by atoms with E-state index in [4.69, 9.17) is 34.8 Å². The van der Waals surface area contributed by atoms with Crippen LogP contribution in [-0.4, -0.2) is 21.9 Å². The second-order valence-electron chi connectivity index (χ2n) is 6.33. The number of nitrogens with zero attached hydrogens (tertiary/aromatic N) is 3. The van der Waals surface area contributed by atoms with Crippen molar-refractivity contribution in [3.63, 3.8) is 0 Å². The summed E-state index contributed by atoms with van der Waals surface area (Å²) < 4.78 is 1.84. The van der Waals surface area contributed by atoms with Crippen LogP contribution in [0.25, 0.3) is 5.69 Å². The molecule has 5 nitrogen and oxygen atoms in total. The number of benzene rings is 2. The highest BCUT2D eigenvalue weighted by Gasteiger charge is 2.26. The third-order valence-electron chi connectivity index (χ3n) is 4.59. The van der Waals surface area contributed by atoms with Gasteiger partial charge in [-0.2, -0.15) is 10.2 Å². The Morgan fingerprint density at radius 3 is 2.61 bits per heavy atom. The lowest BCUT2D eigenvalue weighted by Crippen LogP contribution is -2.20. The first-order valence-corrected chi connectivity index (χ1v) is 9.82. The Kier molecular flexibility index (Phi) is 5.40. The van der Waals surface area contributed by atoms with Crippen molar-refractivity contribution in [2.24, 2.45) is 5.10 Å². The summed E-state index contributed by atoms with van der Waals surface area (Å²) in [5.41, 5.74) is 6.31. The summed E-state index contributed by atoms with van der Waals surface area (Å²) in [4.78, 5) is 12.7. The molecule has 0 bridgehead atoms. The fraction of sp³-hybridized carbons (Fsp3) is 0.150. The average molecular weight is 434 g/mol. The molecule has 28 heavy (non-hydrogen) atoms. The summed E-state index contributed by atoms with van der Waals surface area (Å²) in [5.74, 6) is -0.377. The molecule has 142 valence electrons. The van der Waals surface area contributed by atoms with Gasteiger partial charge in [0.05, 0.1) is 27.0 Å². The minimum absolute atomic E-state index is 0.279. The van der Waals surface area contributed by atoms with E-state index >= 15 is 0 Å². The Balaban J connectivity index is 1.59. The van der Waals surface area contributed by atoms with E-state index in [1.165, 1.54) is 6.21 Å². The minimum Gasteiger partial charge on any atom is -0.265 e. The smallest absolute Gasteiger partial charge is 0.265 e. The van der Waals surface area contributed by atoms with Crippen LogP contribution in [0.4, 0.5) is 0 Å². The Morgan fingerprint density at radius 1 is 1.07 bits per heavy atom. The third-order valence-corrected chi connectivity index (χ3v) is 5.73. The van der Waals surface area contributed by atoms with E-state index in [0.29, 0.717) is 21.3 Å². The number of fused-ring (bicyclic) bond motifs is 1. The number of aromatic nitrogens is 2. The van der Waals surface area contributed by atoms with Gasteiger partial charge < -0.3 is 0 Å². The molecule has 0 saturated heterocycles. The van der Waals surface area contributed by atoms with Crippen molar-refractivity contribution in [3.8, 4) is 5.69 Å². The third kappa shape index (κ3) is 3.53. The molecule has 1 aliphatic rings. The molecule has 8 heteroatoms. The highest BCUT2D eigenvalue weighted by Crippen LogP contribution is 2.30. The summed E-state index contributed by atoms with van der Waals surface area (Å²) in [6.07, 6.45) is 4.09. The van der Waals surface area contributed by atoms with Crippen LogP contribution in [-0.2, 0) is 12.8 Å². The zero-order valence-electron chi connectivity index (χ0n) is 14.6. The molecule has 2 aromatic carbocycles. The van der Waals surface area contributed by atoms with Crippen LogP contribution in [0.15, 0.2) is 47.6 Å². The number of hydrazone groups is 1. The van der Waals surface area contributed by atoms with Crippen molar-refractivity contribution in [1.82, 2.24) is 15.2 Å². The van der Waals surface area contributed by atoms with Crippen molar-refractivity contribution >= 4 is 46.9 Å². The van der Waals surface area contributed by atoms with Gasteiger partial charge in [-0.15, -0.1) is 0 Å². The largest absolute Gasteiger partial charge is 0.292 e. The van der Waals surface area contributed by atoms with Crippen LogP contribution in [0.2, 0.25) is 15.1 Å². The normalized spacial score (nSPS) is 13.1. The predicted octanol–water partition coefficient (Wildman–Crippen LogP) is 5.09. The van der Waals surface area contributed by atoms with Crippen molar-refractivity contribution < 1.29 is 4.79 Å². The topological polar surface area (TPSA) is 59.3 Å². The first-order chi connectivity index (χ1) is 13.6. The van der Waals surface area contributed by atoms with Gasteiger partial charge in [-0.05, 0) is 43.5 Å². The summed E-state index contributed by atoms with van der Waals surface area (Å²) in [7, 11) is 0. The fourth-order valence-corrected chi connectivity index (χ4v) is 3.91. The number of hydrogen-bond donors (Lipinski definition) is 1. The zero-order valence-corrected chi connectivity index (χ0v) is 16.9. The van der Waals surface area contributed by atoms with Gasteiger partial charge in [-0.1, -0.05) is 53.0 Å². The van der Waals surface area contributed by atoms with Gasteiger partial charge in [0.2, 0.25) is 0 Å². The lowest BCUT2D eigenvalue weighted by atomic mass is 10.2. The van der Waals surface area contributed by atoms with Crippen LogP contribution in [0, 0.1) is 0 Å². The number of carbonyl (C=O) groups excluding carboxylic acids is 1. The second kappa shape index (κ2) is 7.95. The van der Waals surface area contributed by atoms with Crippen LogP contribution in [0.1, 0.15) is 33.7 Å². The van der Waals surface area contributed by atoms with E-state index in [9.17, 15) is 4.79 Å². The molecule has 0 spiro atoms. The molecule has 0 radical (unpaired) electrons. The maximum atomic E-state index is 12.7. The Labute approximate surface area is 176 Å². The summed E-state index contributed by atoms with van der Waals surface area (Å²) in [5, 5.41) is 9.55. The van der Waals surface area contributed by atoms with Gasteiger partial charge >= 0.3 is 0 Å². The van der Waals surface area contributed by atoms with Crippen molar-refractivity contribution in [3.05, 3.63) is 80.0 Å². The average Bonchev–Trinajstić information content (AvgIpc) is 3.31. The monoisotopic (exact) mass is 432 g/mol. The van der Waals surface area contributed by atoms with Gasteiger partial charge in [0.15, 0.2) is 5.69 Å². The van der Waals surface area contributed by atoms with Crippen molar-refractivity contribution in [2.45, 2.75) is 19.3 Å². The first kappa shape index (κ1) is 19.0. The highest BCUT2D eigenvalue weighted by molar-refractivity contribution is 6.45. The number of hydrogen-bond acceptors (Lipinski definition) is 3. The Bertz CT molecular complexity index is 1080. The highest BCUT2D eigenvalue weighted by atomic mass is 35.5. The predicted molar refractivity (Wildman–Crippen MR) is 112 cm³/mol. The molecule has 1 aliphatic carbocycles. The van der Waals surface area contributed by atoms with Gasteiger partial charge in [-0.3, -0.25) is 4.79 Å². The standard InChI is InChI=1S/C20H15Cl3N4O/c21-15-9-10-16(22)18(23)14(15)11-24-25-20(28)19-13-7-4-8-17(13)27(26-19)12-5-2-1-3-6-12/h1-3,5-6,9-11H,4,7-8H2,(H,25,28)/b24-11+. The summed E-state index contributed by atoms with van der Waals surface area (Å²) in [6, 6.07) is 13.0. The van der Waals surface area contributed by atoms with E-state index < -0.39 is 0 Å². The summed E-state index contributed by atoms with van der Waals surface area (Å²) in [6.45, 7) is 0. The van der Waals surface area contributed by atoms with Crippen molar-refractivity contribution in [2.75, 3.05) is 0 Å². The molecular weight excluding hydrogens is 419 g/mol. The molecule has 0 atom stereocenters. The SMILES string of the molecule is O=C(N/N=C/c1c(Cl)ccc(Cl)c1Cl)c1nn(-c2ccccc2)c2c1CCC2. The van der Waals surface area contributed by atoms with E-state index in [1.54, 1.807) is 12.1 Å². The number of amides is 1. The fourth-order valence-electron chi connectivity index (χ4n) is 3.27. The number of para-hydroxylation sites is 1. The number of rotatable bonds is 4. The molecule has 4 rings (SSSR count). The number of carbonyl (C=O) groups is 1. The van der Waals surface area contributed by atoms with E-state index in [0.717, 1.165) is 36.2 Å². The number of halogens is 3. The maximum absolute atomic E-state index is 12.7. The molecule has 1 N–H and O–H groups in total. The minimum atomic E-state index is -0.377. The molecule has 0 fully saturated rings. The molecule has 1 aromatic heterocycles. The van der Waals surface area contributed by atoms with Crippen LogP contribution < -0.4 is 5.43 Å². The van der Waals surface area contributed by atoms with Gasteiger partial charge in [0, 0.05) is 16.8 Å². The van der Waals surface area contributed by atoms with Gasteiger partial charge in [-0.25, -0.2) is 10.1 Å². The lowest BCUT2D eigenvalue weighted by molar-refractivity contribution is 0.0949. The zero-order chi connectivity index (χ0) is 19.7. The first-order valence-electron chi connectivity index (χ1n) is 8.69. The van der Waals surface area contributed by atoms with Crippen LogP contribution >= 0.6 is 34.8 Å². The molecule has 0 saturated carbocycles. The van der Waals surface area contributed by atoms with Crippen LogP contribution in [0.3, 0.4) is 0 Å². The molecule has 0 unspecified atom stereocenters. The quantitative estimate of drug-likeness (QED) is 0.354. The molecular formula is C20H15Cl3N4O. The lowest BCUT2D eigenvalue weighted by Gasteiger charge is -2.04. The van der Waals surface area contributed by atoms with E-state index in [-0.39, 0.29) is 10.9 Å². The van der Waals surface area contributed by atoms with E-state index in [1.807, 2.05) is 35.0 Å². The molecule has 1 amide bonds. The molecule has 3 aromatic rings. The Hall–Kier alpha value is -2.34.